The summed E-state index contributed by atoms with van der Waals surface area (Å²) < 4.78 is 55.1. The van der Waals surface area contributed by atoms with Gasteiger partial charge in [0, 0.05) is 61.7 Å². The molecule has 4 aromatic rings. The van der Waals surface area contributed by atoms with Crippen LogP contribution in [0.5, 0.6) is 11.5 Å². The van der Waals surface area contributed by atoms with E-state index in [0.29, 0.717) is 58.0 Å². The second-order valence-electron chi connectivity index (χ2n) is 9.31. The minimum Gasteiger partial charge on any atom is -0.497 e. The van der Waals surface area contributed by atoms with Crippen molar-refractivity contribution in [2.75, 3.05) is 58.3 Å². The van der Waals surface area contributed by atoms with E-state index in [1.165, 1.54) is 14.2 Å². The summed E-state index contributed by atoms with van der Waals surface area (Å²) in [7, 11) is 10.4. The average Bonchev–Trinajstić information content (AvgIpc) is 3.23. The molecule has 0 unspecified atom stereocenters. The molecule has 12 heteroatoms. The van der Waals surface area contributed by atoms with Gasteiger partial charge < -0.3 is 35.3 Å². The van der Waals surface area contributed by atoms with Crippen LogP contribution >= 0.6 is 0 Å². The molecule has 2 heterocycles. The van der Waals surface area contributed by atoms with Crippen LogP contribution in [0, 0.1) is 0 Å². The largest absolute Gasteiger partial charge is 0.497 e. The first-order valence-corrected chi connectivity index (χ1v) is 12.1. The number of ether oxygens (including phenoxy) is 2. The molecule has 2 aromatic carbocycles. The van der Waals surface area contributed by atoms with Gasteiger partial charge in [-0.3, -0.25) is 0 Å². The van der Waals surface area contributed by atoms with Crippen molar-refractivity contribution < 1.29 is 22.6 Å². The first-order chi connectivity index (χ1) is 18.5. The number of alkyl halides is 3. The average molecular weight is 544 g/mol. The van der Waals surface area contributed by atoms with E-state index in [0.717, 1.165) is 11.8 Å². The van der Waals surface area contributed by atoms with E-state index >= 15 is 0 Å². The van der Waals surface area contributed by atoms with Gasteiger partial charge in [-0.25, -0.2) is 9.97 Å². The van der Waals surface area contributed by atoms with E-state index in [9.17, 15) is 13.2 Å². The number of aryl methyl sites for hydroxylation is 1. The van der Waals surface area contributed by atoms with Crippen molar-refractivity contribution in [3.05, 3.63) is 47.8 Å². The van der Waals surface area contributed by atoms with Gasteiger partial charge in [0.2, 0.25) is 5.95 Å². The molecule has 0 fully saturated rings. The van der Waals surface area contributed by atoms with Crippen molar-refractivity contribution in [3.8, 4) is 22.8 Å². The number of nitrogen functional groups attached to an aromatic ring is 1. The molecule has 4 rings (SSSR count). The third-order valence-corrected chi connectivity index (χ3v) is 6.52. The maximum Gasteiger partial charge on any atom is 0.419 e. The van der Waals surface area contributed by atoms with Crippen LogP contribution < -0.4 is 25.8 Å². The molecule has 2 aromatic heterocycles. The summed E-state index contributed by atoms with van der Waals surface area (Å²) >= 11 is 0. The lowest BCUT2D eigenvalue weighted by atomic mass is 10.0. The molecule has 0 aliphatic carbocycles. The van der Waals surface area contributed by atoms with Gasteiger partial charge in [-0.1, -0.05) is 0 Å². The Hall–Kier alpha value is -4.19. The SMILES string of the molecule is CNc1cc(OC)c(Nc2ncc(C(F)(F)F)c(-c3cn(C)c4cc(OC)ccc34)n2)c(CCN(C)C)c1N. The molecular weight excluding hydrogens is 511 g/mol. The lowest BCUT2D eigenvalue weighted by Crippen LogP contribution is -2.17. The zero-order valence-corrected chi connectivity index (χ0v) is 22.7. The number of benzene rings is 2. The standard InChI is InChI=1S/C27H32F3N7O2/c1-32-20-12-22(39-6)25(17(23(20)31)9-10-36(2)3)35-26-33-13-19(27(28,29)30)24(34-26)18-14-37(4)21-11-15(38-5)7-8-16(18)21/h7-8,11-14,32H,9-10,31H2,1-6H3,(H,33,34,35). The molecule has 0 atom stereocenters. The van der Waals surface area contributed by atoms with Crippen molar-refractivity contribution in [1.82, 2.24) is 19.4 Å². The van der Waals surface area contributed by atoms with Gasteiger partial charge in [0.25, 0.3) is 0 Å². The highest BCUT2D eigenvalue weighted by molar-refractivity contribution is 5.97. The number of anilines is 4. The lowest BCUT2D eigenvalue weighted by molar-refractivity contribution is -0.137. The maximum absolute atomic E-state index is 14.1. The van der Waals surface area contributed by atoms with E-state index in [2.05, 4.69) is 20.6 Å². The molecule has 4 N–H and O–H groups in total. The summed E-state index contributed by atoms with van der Waals surface area (Å²) in [6.07, 6.45) is -1.71. The smallest absolute Gasteiger partial charge is 0.419 e. The monoisotopic (exact) mass is 543 g/mol. The number of halogens is 3. The molecule has 0 aliphatic heterocycles. The fourth-order valence-corrected chi connectivity index (χ4v) is 4.47. The van der Waals surface area contributed by atoms with Crippen molar-refractivity contribution in [2.24, 2.45) is 7.05 Å². The Kier molecular flexibility index (Phi) is 7.77. The molecule has 0 spiro atoms. The van der Waals surface area contributed by atoms with Crippen LogP contribution in [-0.2, 0) is 19.6 Å². The summed E-state index contributed by atoms with van der Waals surface area (Å²) in [4.78, 5) is 10.4. The Bertz CT molecular complexity index is 1500. The third kappa shape index (κ3) is 5.51. The highest BCUT2D eigenvalue weighted by atomic mass is 19.4. The molecule has 0 bridgehead atoms. The molecular formula is C27H32F3N7O2. The second-order valence-corrected chi connectivity index (χ2v) is 9.31. The molecule has 0 radical (unpaired) electrons. The van der Waals surface area contributed by atoms with Gasteiger partial charge in [-0.05, 0) is 32.6 Å². The number of rotatable bonds is 9. The number of nitrogens with one attached hydrogen (secondary N) is 2. The maximum atomic E-state index is 14.1. The van der Waals surface area contributed by atoms with Crippen molar-refractivity contribution >= 4 is 33.9 Å². The normalized spacial score (nSPS) is 11.7. The zero-order chi connectivity index (χ0) is 28.5. The van der Waals surface area contributed by atoms with Gasteiger partial charge in [-0.15, -0.1) is 0 Å². The minimum absolute atomic E-state index is 0.0236. The van der Waals surface area contributed by atoms with Crippen LogP contribution in [0.4, 0.5) is 36.2 Å². The number of hydrogen-bond acceptors (Lipinski definition) is 8. The first-order valence-electron chi connectivity index (χ1n) is 12.1. The number of hydrogen-bond donors (Lipinski definition) is 3. The van der Waals surface area contributed by atoms with Crippen molar-refractivity contribution in [2.45, 2.75) is 12.6 Å². The summed E-state index contributed by atoms with van der Waals surface area (Å²) in [5.41, 5.74) is 8.69. The quantitative estimate of drug-likeness (QED) is 0.250. The van der Waals surface area contributed by atoms with E-state index < -0.39 is 11.7 Å². The van der Waals surface area contributed by atoms with Crippen LogP contribution in [0.25, 0.3) is 22.2 Å². The van der Waals surface area contributed by atoms with Gasteiger partial charge in [0.1, 0.15) is 17.1 Å². The van der Waals surface area contributed by atoms with Crippen LogP contribution in [0.15, 0.2) is 36.7 Å². The Labute approximate surface area is 224 Å². The Morgan fingerprint density at radius 1 is 1.13 bits per heavy atom. The van der Waals surface area contributed by atoms with E-state index in [4.69, 9.17) is 15.2 Å². The Morgan fingerprint density at radius 2 is 1.87 bits per heavy atom. The molecule has 9 nitrogen and oxygen atoms in total. The van der Waals surface area contributed by atoms with E-state index in [1.807, 2.05) is 19.0 Å². The molecule has 208 valence electrons. The van der Waals surface area contributed by atoms with Crippen LogP contribution in [-0.4, -0.2) is 61.3 Å². The minimum atomic E-state index is -4.67. The predicted octanol–water partition coefficient (Wildman–Crippen LogP) is 5.14. The lowest BCUT2D eigenvalue weighted by Gasteiger charge is -2.21. The summed E-state index contributed by atoms with van der Waals surface area (Å²) in [6, 6.07) is 6.91. The van der Waals surface area contributed by atoms with Gasteiger partial charge in [0.05, 0.1) is 42.5 Å². The number of likely N-dealkylation sites (N-methyl/N-ethyl adjacent to an activating group) is 1. The first kappa shape index (κ1) is 27.8. The highest BCUT2D eigenvalue weighted by Crippen LogP contribution is 2.42. The zero-order valence-electron chi connectivity index (χ0n) is 22.7. The molecule has 0 amide bonds. The summed E-state index contributed by atoms with van der Waals surface area (Å²) in [6.45, 7) is 0.674. The van der Waals surface area contributed by atoms with Crippen LogP contribution in [0.3, 0.4) is 0 Å². The fraction of sp³-hybridized carbons (Fsp3) is 0.333. The number of aromatic nitrogens is 3. The van der Waals surface area contributed by atoms with E-state index in [-0.39, 0.29) is 11.6 Å². The molecule has 0 saturated heterocycles. The number of fused-ring (bicyclic) bond motifs is 1. The highest BCUT2D eigenvalue weighted by Gasteiger charge is 2.36. The van der Waals surface area contributed by atoms with Gasteiger partial charge >= 0.3 is 6.18 Å². The summed E-state index contributed by atoms with van der Waals surface area (Å²) in [5.74, 6) is 1.02. The Morgan fingerprint density at radius 3 is 2.49 bits per heavy atom. The topological polar surface area (TPSA) is 102 Å². The molecule has 39 heavy (non-hydrogen) atoms. The van der Waals surface area contributed by atoms with Gasteiger partial charge in [-0.2, -0.15) is 13.2 Å². The van der Waals surface area contributed by atoms with E-state index in [1.54, 1.807) is 49.1 Å². The summed E-state index contributed by atoms with van der Waals surface area (Å²) in [5, 5.41) is 6.76. The number of methoxy groups -OCH3 is 2. The molecule has 0 aliphatic rings. The van der Waals surface area contributed by atoms with Crippen molar-refractivity contribution in [3.63, 3.8) is 0 Å². The predicted molar refractivity (Wildman–Crippen MR) is 148 cm³/mol. The van der Waals surface area contributed by atoms with Gasteiger partial charge in [0.15, 0.2) is 0 Å². The number of nitrogens with zero attached hydrogens (tertiary/aromatic N) is 4. The molecule has 0 saturated carbocycles. The second kappa shape index (κ2) is 10.9. The third-order valence-electron chi connectivity index (χ3n) is 6.52. The fourth-order valence-electron chi connectivity index (χ4n) is 4.47. The van der Waals surface area contributed by atoms with Crippen LogP contribution in [0.1, 0.15) is 11.1 Å². The Balaban J connectivity index is 1.89. The van der Waals surface area contributed by atoms with Crippen molar-refractivity contribution in [1.29, 1.82) is 0 Å². The van der Waals surface area contributed by atoms with Crippen LogP contribution in [0.2, 0.25) is 0 Å². The number of nitrogens with two attached hydrogens (primary N) is 1.